The van der Waals surface area contributed by atoms with Gasteiger partial charge in [-0.05, 0) is 25.5 Å². The van der Waals surface area contributed by atoms with Crippen LogP contribution < -0.4 is 5.32 Å². The topological polar surface area (TPSA) is 38.3 Å². The van der Waals surface area contributed by atoms with Crippen molar-refractivity contribution >= 4 is 5.97 Å². The molecule has 0 aromatic heterocycles. The Kier molecular flexibility index (Phi) is 2.65. The zero-order valence-electron chi connectivity index (χ0n) is 6.89. The van der Waals surface area contributed by atoms with Crippen LogP contribution in [0.5, 0.6) is 0 Å². The van der Waals surface area contributed by atoms with Crippen LogP contribution in [0, 0.1) is 0 Å². The van der Waals surface area contributed by atoms with E-state index in [-0.39, 0.29) is 5.97 Å². The molecule has 0 aromatic rings. The van der Waals surface area contributed by atoms with Crippen LogP contribution in [0.25, 0.3) is 0 Å². The second kappa shape index (κ2) is 3.53. The first-order chi connectivity index (χ1) is 5.24. The smallest absolute Gasteiger partial charge is 0.330 e. The molecule has 1 aliphatic heterocycles. The molecule has 0 aromatic carbocycles. The van der Waals surface area contributed by atoms with Gasteiger partial charge in [0.2, 0.25) is 0 Å². The molecule has 1 atom stereocenters. The van der Waals surface area contributed by atoms with Gasteiger partial charge in [-0.2, -0.15) is 0 Å². The number of esters is 1. The molecule has 3 nitrogen and oxygen atoms in total. The van der Waals surface area contributed by atoms with Gasteiger partial charge >= 0.3 is 5.97 Å². The second-order valence-corrected chi connectivity index (χ2v) is 2.67. The standard InChI is InChI=1S/C8H13NO2/c1-6-7(3-4-9-6)5-8(10)11-2/h5-6,9H,3-4H2,1-2H3/b7-5+. The third-order valence-corrected chi connectivity index (χ3v) is 1.92. The van der Waals surface area contributed by atoms with Crippen molar-refractivity contribution in [2.24, 2.45) is 0 Å². The Labute approximate surface area is 66.4 Å². The summed E-state index contributed by atoms with van der Waals surface area (Å²) < 4.78 is 4.52. The molecule has 0 aliphatic carbocycles. The predicted octanol–water partition coefficient (Wildman–Crippen LogP) is 0.468. The van der Waals surface area contributed by atoms with Crippen LogP contribution in [0.2, 0.25) is 0 Å². The first-order valence-electron chi connectivity index (χ1n) is 3.76. The van der Waals surface area contributed by atoms with Crippen LogP contribution >= 0.6 is 0 Å². The van der Waals surface area contributed by atoms with Gasteiger partial charge in [-0.25, -0.2) is 4.79 Å². The second-order valence-electron chi connectivity index (χ2n) is 2.67. The molecule has 1 fully saturated rings. The number of ether oxygens (including phenoxy) is 1. The van der Waals surface area contributed by atoms with Crippen molar-refractivity contribution in [2.45, 2.75) is 19.4 Å². The predicted molar refractivity (Wildman–Crippen MR) is 42.2 cm³/mol. The van der Waals surface area contributed by atoms with E-state index in [1.165, 1.54) is 7.11 Å². The number of hydrogen-bond acceptors (Lipinski definition) is 3. The number of rotatable bonds is 1. The molecule has 0 spiro atoms. The number of carbonyl (C=O) groups is 1. The lowest BCUT2D eigenvalue weighted by Gasteiger charge is -2.02. The van der Waals surface area contributed by atoms with Gasteiger partial charge in [0.25, 0.3) is 0 Å². The van der Waals surface area contributed by atoms with Gasteiger partial charge in [-0.15, -0.1) is 0 Å². The molecule has 1 saturated heterocycles. The lowest BCUT2D eigenvalue weighted by Crippen LogP contribution is -2.18. The van der Waals surface area contributed by atoms with Crippen LogP contribution in [-0.2, 0) is 9.53 Å². The van der Waals surface area contributed by atoms with Crippen molar-refractivity contribution < 1.29 is 9.53 Å². The molecule has 0 radical (unpaired) electrons. The normalized spacial score (nSPS) is 27.5. The van der Waals surface area contributed by atoms with E-state index in [4.69, 9.17) is 0 Å². The Morgan fingerprint density at radius 1 is 1.82 bits per heavy atom. The fraction of sp³-hybridized carbons (Fsp3) is 0.625. The van der Waals surface area contributed by atoms with E-state index in [0.29, 0.717) is 6.04 Å². The maximum Gasteiger partial charge on any atom is 0.330 e. The van der Waals surface area contributed by atoms with Crippen LogP contribution in [0.4, 0.5) is 0 Å². The Balaban J connectivity index is 2.57. The lowest BCUT2D eigenvalue weighted by molar-refractivity contribution is -0.134. The Bertz CT molecular complexity index is 187. The third kappa shape index (κ3) is 2.05. The molecule has 1 heterocycles. The van der Waals surface area contributed by atoms with Gasteiger partial charge in [-0.1, -0.05) is 0 Å². The van der Waals surface area contributed by atoms with E-state index in [0.717, 1.165) is 18.5 Å². The summed E-state index contributed by atoms with van der Waals surface area (Å²) in [5.74, 6) is -0.254. The Morgan fingerprint density at radius 2 is 2.55 bits per heavy atom. The molecule has 1 aliphatic rings. The van der Waals surface area contributed by atoms with Gasteiger partial charge in [0, 0.05) is 12.1 Å². The molecule has 62 valence electrons. The summed E-state index contributed by atoms with van der Waals surface area (Å²) in [6, 6.07) is 0.328. The van der Waals surface area contributed by atoms with Crippen molar-refractivity contribution in [3.05, 3.63) is 11.6 Å². The average molecular weight is 155 g/mol. The summed E-state index contributed by atoms with van der Waals surface area (Å²) in [5, 5.41) is 3.22. The summed E-state index contributed by atoms with van der Waals surface area (Å²) in [5.41, 5.74) is 1.14. The highest BCUT2D eigenvalue weighted by Gasteiger charge is 2.15. The van der Waals surface area contributed by atoms with Crippen molar-refractivity contribution in [1.82, 2.24) is 5.32 Å². The van der Waals surface area contributed by atoms with Crippen molar-refractivity contribution in [3.63, 3.8) is 0 Å². The summed E-state index contributed by atoms with van der Waals surface area (Å²) >= 11 is 0. The molecular formula is C8H13NO2. The first-order valence-corrected chi connectivity index (χ1v) is 3.76. The monoisotopic (exact) mass is 155 g/mol. The van der Waals surface area contributed by atoms with Crippen LogP contribution in [0.3, 0.4) is 0 Å². The van der Waals surface area contributed by atoms with Crippen LogP contribution in [0.15, 0.2) is 11.6 Å². The van der Waals surface area contributed by atoms with Gasteiger partial charge in [-0.3, -0.25) is 0 Å². The van der Waals surface area contributed by atoms with E-state index in [9.17, 15) is 4.79 Å². The molecule has 0 saturated carbocycles. The SMILES string of the molecule is COC(=O)/C=C1\CCNC1C. The highest BCUT2D eigenvalue weighted by atomic mass is 16.5. The minimum absolute atomic E-state index is 0.254. The Hall–Kier alpha value is -0.830. The van der Waals surface area contributed by atoms with Gasteiger partial charge < -0.3 is 10.1 Å². The van der Waals surface area contributed by atoms with Crippen molar-refractivity contribution in [2.75, 3.05) is 13.7 Å². The van der Waals surface area contributed by atoms with Crippen molar-refractivity contribution in [1.29, 1.82) is 0 Å². The van der Waals surface area contributed by atoms with E-state index >= 15 is 0 Å². The van der Waals surface area contributed by atoms with E-state index in [1.807, 2.05) is 6.92 Å². The number of hydrogen-bond donors (Lipinski definition) is 1. The zero-order valence-corrected chi connectivity index (χ0v) is 6.89. The summed E-state index contributed by atoms with van der Waals surface area (Å²) in [7, 11) is 1.40. The number of carbonyl (C=O) groups excluding carboxylic acids is 1. The lowest BCUT2D eigenvalue weighted by atomic mass is 10.1. The molecule has 1 unspecified atom stereocenters. The summed E-state index contributed by atoms with van der Waals surface area (Å²) in [6.45, 7) is 3.01. The minimum atomic E-state index is -0.254. The summed E-state index contributed by atoms with van der Waals surface area (Å²) in [6.07, 6.45) is 2.53. The molecule has 0 bridgehead atoms. The fourth-order valence-electron chi connectivity index (χ4n) is 1.19. The van der Waals surface area contributed by atoms with E-state index in [2.05, 4.69) is 10.1 Å². The van der Waals surface area contributed by atoms with Gasteiger partial charge in [0.1, 0.15) is 0 Å². The third-order valence-electron chi connectivity index (χ3n) is 1.92. The minimum Gasteiger partial charge on any atom is -0.466 e. The molecule has 0 amide bonds. The summed E-state index contributed by atoms with van der Waals surface area (Å²) in [4.78, 5) is 10.8. The largest absolute Gasteiger partial charge is 0.466 e. The highest BCUT2D eigenvalue weighted by Crippen LogP contribution is 2.13. The quantitative estimate of drug-likeness (QED) is 0.442. The van der Waals surface area contributed by atoms with Crippen molar-refractivity contribution in [3.8, 4) is 0 Å². The van der Waals surface area contributed by atoms with Crippen LogP contribution in [0.1, 0.15) is 13.3 Å². The van der Waals surface area contributed by atoms with E-state index < -0.39 is 0 Å². The maximum absolute atomic E-state index is 10.8. The molecule has 3 heteroatoms. The maximum atomic E-state index is 10.8. The van der Waals surface area contributed by atoms with Gasteiger partial charge in [0.05, 0.1) is 7.11 Å². The fourth-order valence-corrected chi connectivity index (χ4v) is 1.19. The number of nitrogens with one attached hydrogen (secondary N) is 1. The molecular weight excluding hydrogens is 142 g/mol. The van der Waals surface area contributed by atoms with E-state index in [1.54, 1.807) is 6.08 Å². The highest BCUT2D eigenvalue weighted by molar-refractivity contribution is 5.82. The molecule has 11 heavy (non-hydrogen) atoms. The molecule has 1 rings (SSSR count). The number of methoxy groups -OCH3 is 1. The Morgan fingerprint density at radius 3 is 3.00 bits per heavy atom. The first kappa shape index (κ1) is 8.27. The average Bonchev–Trinajstić information content (AvgIpc) is 2.37. The van der Waals surface area contributed by atoms with Crippen LogP contribution in [-0.4, -0.2) is 25.7 Å². The van der Waals surface area contributed by atoms with Gasteiger partial charge in [0.15, 0.2) is 0 Å². The molecule has 1 N–H and O–H groups in total. The zero-order chi connectivity index (χ0) is 8.27.